The molecule has 0 radical (unpaired) electrons. The topological polar surface area (TPSA) is 51.8 Å². The maximum atomic E-state index is 6.15. The van der Waals surface area contributed by atoms with Crippen LogP contribution in [0.1, 0.15) is 0 Å². The Morgan fingerprint density at radius 2 is 2.05 bits per heavy atom. The standard InChI is InChI=1S/C14H9BrClN3S/c15-8-6-9-11(17)3-4-12(13(9)19-7-8)20-14-10(16)2-1-5-18-14/h1-7H,17H2. The molecule has 0 unspecified atom stereocenters. The minimum atomic E-state index is 0.625. The third kappa shape index (κ3) is 2.61. The molecular weight excluding hydrogens is 358 g/mol. The average molecular weight is 367 g/mol. The van der Waals surface area contributed by atoms with E-state index in [1.807, 2.05) is 30.3 Å². The Hall–Kier alpha value is -1.30. The van der Waals surface area contributed by atoms with E-state index < -0.39 is 0 Å². The maximum Gasteiger partial charge on any atom is 0.119 e. The molecule has 2 N–H and O–H groups in total. The number of anilines is 1. The van der Waals surface area contributed by atoms with Gasteiger partial charge < -0.3 is 5.73 Å². The van der Waals surface area contributed by atoms with Gasteiger partial charge in [-0.15, -0.1) is 0 Å². The van der Waals surface area contributed by atoms with Crippen molar-refractivity contribution in [1.29, 1.82) is 0 Å². The van der Waals surface area contributed by atoms with Crippen LogP contribution in [-0.2, 0) is 0 Å². The van der Waals surface area contributed by atoms with Crippen molar-refractivity contribution in [2.45, 2.75) is 9.92 Å². The number of aromatic nitrogens is 2. The van der Waals surface area contributed by atoms with Gasteiger partial charge in [0, 0.05) is 32.8 Å². The number of pyridine rings is 2. The van der Waals surface area contributed by atoms with Gasteiger partial charge in [0.2, 0.25) is 0 Å². The molecule has 0 fully saturated rings. The Morgan fingerprint density at radius 1 is 1.20 bits per heavy atom. The minimum Gasteiger partial charge on any atom is -0.398 e. The molecule has 2 aromatic heterocycles. The molecule has 0 aliphatic heterocycles. The highest BCUT2D eigenvalue weighted by atomic mass is 79.9. The van der Waals surface area contributed by atoms with Crippen LogP contribution in [0.5, 0.6) is 0 Å². The van der Waals surface area contributed by atoms with Crippen molar-refractivity contribution in [2.24, 2.45) is 0 Å². The fraction of sp³-hybridized carbons (Fsp3) is 0. The van der Waals surface area contributed by atoms with Crippen molar-refractivity contribution in [3.05, 3.63) is 52.2 Å². The molecule has 0 saturated heterocycles. The molecule has 0 bridgehead atoms. The van der Waals surface area contributed by atoms with Gasteiger partial charge in [0.15, 0.2) is 0 Å². The van der Waals surface area contributed by atoms with Crippen LogP contribution in [0.2, 0.25) is 5.02 Å². The molecule has 0 aliphatic rings. The summed E-state index contributed by atoms with van der Waals surface area (Å²) in [4.78, 5) is 9.71. The first-order valence-electron chi connectivity index (χ1n) is 5.77. The van der Waals surface area contributed by atoms with Crippen LogP contribution >= 0.6 is 39.3 Å². The maximum absolute atomic E-state index is 6.15. The zero-order chi connectivity index (χ0) is 14.1. The lowest BCUT2D eigenvalue weighted by Gasteiger charge is -2.08. The Kier molecular flexibility index (Phi) is 3.83. The van der Waals surface area contributed by atoms with Gasteiger partial charge in [0.05, 0.1) is 10.5 Å². The molecule has 0 spiro atoms. The summed E-state index contributed by atoms with van der Waals surface area (Å²) in [5, 5.41) is 2.29. The number of fused-ring (bicyclic) bond motifs is 1. The van der Waals surface area contributed by atoms with E-state index in [1.54, 1.807) is 12.4 Å². The van der Waals surface area contributed by atoms with Gasteiger partial charge in [0.1, 0.15) is 5.03 Å². The largest absolute Gasteiger partial charge is 0.398 e. The van der Waals surface area contributed by atoms with E-state index >= 15 is 0 Å². The lowest BCUT2D eigenvalue weighted by atomic mass is 10.2. The van der Waals surface area contributed by atoms with Crippen molar-refractivity contribution in [3.8, 4) is 0 Å². The number of nitrogens with two attached hydrogens (primary N) is 1. The second-order valence-electron chi connectivity index (χ2n) is 4.10. The summed E-state index contributed by atoms with van der Waals surface area (Å²) in [5.74, 6) is 0. The quantitative estimate of drug-likeness (QED) is 0.663. The van der Waals surface area contributed by atoms with Gasteiger partial charge >= 0.3 is 0 Å². The number of nitrogen functional groups attached to an aromatic ring is 1. The molecule has 20 heavy (non-hydrogen) atoms. The first-order valence-corrected chi connectivity index (χ1v) is 7.76. The lowest BCUT2D eigenvalue weighted by Crippen LogP contribution is -1.91. The molecule has 1 aromatic carbocycles. The molecule has 3 nitrogen and oxygen atoms in total. The van der Waals surface area contributed by atoms with E-state index in [1.165, 1.54) is 11.8 Å². The van der Waals surface area contributed by atoms with Crippen molar-refractivity contribution in [1.82, 2.24) is 9.97 Å². The van der Waals surface area contributed by atoms with Crippen molar-refractivity contribution < 1.29 is 0 Å². The lowest BCUT2D eigenvalue weighted by molar-refractivity contribution is 1.13. The molecule has 3 rings (SSSR count). The van der Waals surface area contributed by atoms with Gasteiger partial charge in [0.25, 0.3) is 0 Å². The van der Waals surface area contributed by atoms with E-state index in [9.17, 15) is 0 Å². The SMILES string of the molecule is Nc1ccc(Sc2ncccc2Cl)c2ncc(Br)cc12. The number of rotatable bonds is 2. The third-order valence-electron chi connectivity index (χ3n) is 2.74. The van der Waals surface area contributed by atoms with Crippen LogP contribution in [0.4, 0.5) is 5.69 Å². The number of nitrogens with zero attached hydrogens (tertiary/aromatic N) is 2. The predicted molar refractivity (Wildman–Crippen MR) is 87.2 cm³/mol. The van der Waals surface area contributed by atoms with Crippen molar-refractivity contribution in [2.75, 3.05) is 5.73 Å². The summed E-state index contributed by atoms with van der Waals surface area (Å²) in [6, 6.07) is 9.40. The summed E-state index contributed by atoms with van der Waals surface area (Å²) in [6.07, 6.45) is 3.48. The fourth-order valence-corrected chi connectivity index (χ4v) is 3.27. The Balaban J connectivity index is 2.13. The Labute approximate surface area is 133 Å². The second kappa shape index (κ2) is 5.60. The van der Waals surface area contributed by atoms with E-state index in [0.29, 0.717) is 10.7 Å². The summed E-state index contributed by atoms with van der Waals surface area (Å²) in [7, 11) is 0. The number of hydrogen-bond acceptors (Lipinski definition) is 4. The molecule has 3 aromatic rings. The summed E-state index contributed by atoms with van der Waals surface area (Å²) in [6.45, 7) is 0. The Morgan fingerprint density at radius 3 is 2.85 bits per heavy atom. The molecule has 6 heteroatoms. The normalized spacial score (nSPS) is 10.9. The number of hydrogen-bond donors (Lipinski definition) is 1. The highest BCUT2D eigenvalue weighted by Crippen LogP contribution is 2.37. The smallest absolute Gasteiger partial charge is 0.119 e. The van der Waals surface area contributed by atoms with Gasteiger partial charge in [-0.05, 0) is 46.3 Å². The zero-order valence-electron chi connectivity index (χ0n) is 10.2. The molecule has 0 amide bonds. The van der Waals surface area contributed by atoms with E-state index in [4.69, 9.17) is 17.3 Å². The zero-order valence-corrected chi connectivity index (χ0v) is 13.3. The summed E-state index contributed by atoms with van der Waals surface area (Å²) < 4.78 is 0.898. The van der Waals surface area contributed by atoms with Crippen molar-refractivity contribution >= 4 is 55.9 Å². The van der Waals surface area contributed by atoms with Crippen LogP contribution in [0.3, 0.4) is 0 Å². The number of benzene rings is 1. The van der Waals surface area contributed by atoms with Crippen LogP contribution in [0, 0.1) is 0 Å². The van der Waals surface area contributed by atoms with Gasteiger partial charge in [-0.3, -0.25) is 4.98 Å². The summed E-state index contributed by atoms with van der Waals surface area (Å²) >= 11 is 11.0. The Bertz CT molecular complexity index is 794. The third-order valence-corrected chi connectivity index (χ3v) is 4.66. The number of halogens is 2. The summed E-state index contributed by atoms with van der Waals surface area (Å²) in [5.41, 5.74) is 7.55. The first kappa shape index (κ1) is 13.7. The van der Waals surface area contributed by atoms with E-state index in [-0.39, 0.29) is 0 Å². The molecule has 0 atom stereocenters. The fourth-order valence-electron chi connectivity index (χ4n) is 1.82. The van der Waals surface area contributed by atoms with Crippen LogP contribution in [0.15, 0.2) is 57.1 Å². The van der Waals surface area contributed by atoms with Crippen LogP contribution in [0.25, 0.3) is 10.9 Å². The van der Waals surface area contributed by atoms with E-state index in [2.05, 4.69) is 25.9 Å². The first-order chi connectivity index (χ1) is 9.65. The predicted octanol–water partition coefficient (Wildman–Crippen LogP) is 4.78. The minimum absolute atomic E-state index is 0.625. The average Bonchev–Trinajstić information content (AvgIpc) is 2.44. The van der Waals surface area contributed by atoms with Crippen LogP contribution in [-0.4, -0.2) is 9.97 Å². The van der Waals surface area contributed by atoms with E-state index in [0.717, 1.165) is 25.3 Å². The second-order valence-corrected chi connectivity index (χ2v) is 6.45. The molecule has 0 aliphatic carbocycles. The van der Waals surface area contributed by atoms with Gasteiger partial charge in [-0.2, -0.15) is 0 Å². The monoisotopic (exact) mass is 365 g/mol. The molecular formula is C14H9BrClN3S. The van der Waals surface area contributed by atoms with Gasteiger partial charge in [-0.1, -0.05) is 23.4 Å². The van der Waals surface area contributed by atoms with Crippen LogP contribution < -0.4 is 5.73 Å². The molecule has 100 valence electrons. The molecule has 0 saturated carbocycles. The van der Waals surface area contributed by atoms with Crippen molar-refractivity contribution in [3.63, 3.8) is 0 Å². The highest BCUT2D eigenvalue weighted by Gasteiger charge is 2.10. The highest BCUT2D eigenvalue weighted by molar-refractivity contribution is 9.10. The van der Waals surface area contributed by atoms with Gasteiger partial charge in [-0.25, -0.2) is 4.98 Å². The molecule has 2 heterocycles.